The molecule has 0 unspecified atom stereocenters. The fourth-order valence-corrected chi connectivity index (χ4v) is 1.53. The molecule has 0 fully saturated rings. The van der Waals surface area contributed by atoms with Crippen LogP contribution in [0.2, 0.25) is 0 Å². The standard InChI is InChI=1S/C7H6O5S.FH/c8-13(9,10)5-1-2-6-7(3-5)12-4-11-6;/h1-3H,4H2,(H,8,9,10);1H. The third kappa shape index (κ3) is 1.78. The molecule has 14 heavy (non-hydrogen) atoms. The van der Waals surface area contributed by atoms with Gasteiger partial charge in [-0.3, -0.25) is 9.26 Å². The minimum absolute atomic E-state index is 0. The van der Waals surface area contributed by atoms with Crippen LogP contribution in [0, 0.1) is 0 Å². The van der Waals surface area contributed by atoms with Gasteiger partial charge in [-0.05, 0) is 12.1 Å². The molecule has 0 saturated carbocycles. The van der Waals surface area contributed by atoms with Gasteiger partial charge in [0, 0.05) is 6.07 Å². The average molecular weight is 222 g/mol. The fourth-order valence-electron chi connectivity index (χ4n) is 1.04. The fraction of sp³-hybridized carbons (Fsp3) is 0.143. The molecule has 1 aromatic rings. The van der Waals surface area contributed by atoms with E-state index in [2.05, 4.69) is 0 Å². The van der Waals surface area contributed by atoms with Crippen LogP contribution in [0.3, 0.4) is 0 Å². The number of ether oxygens (including phenoxy) is 2. The number of hydrogen-bond acceptors (Lipinski definition) is 4. The highest BCUT2D eigenvalue weighted by Crippen LogP contribution is 2.33. The summed E-state index contributed by atoms with van der Waals surface area (Å²) >= 11 is 0. The lowest BCUT2D eigenvalue weighted by atomic mass is 10.3. The minimum Gasteiger partial charge on any atom is -0.454 e. The van der Waals surface area contributed by atoms with Crippen molar-refractivity contribution < 1.29 is 27.1 Å². The normalized spacial score (nSPS) is 13.5. The number of benzene rings is 1. The van der Waals surface area contributed by atoms with E-state index in [-0.39, 0.29) is 16.4 Å². The molecule has 0 amide bonds. The molecular formula is C7H7FO5S. The molecule has 5 nitrogen and oxygen atoms in total. The summed E-state index contributed by atoms with van der Waals surface area (Å²) < 4.78 is 40.0. The molecule has 1 aliphatic heterocycles. The van der Waals surface area contributed by atoms with Crippen LogP contribution < -0.4 is 9.47 Å². The highest BCUT2D eigenvalue weighted by Gasteiger charge is 2.17. The van der Waals surface area contributed by atoms with Crippen LogP contribution in [0.15, 0.2) is 23.1 Å². The molecule has 1 heterocycles. The maximum Gasteiger partial charge on any atom is 0.294 e. The van der Waals surface area contributed by atoms with Crippen LogP contribution in [0.4, 0.5) is 4.70 Å². The van der Waals surface area contributed by atoms with Crippen LogP contribution in [0.5, 0.6) is 11.5 Å². The van der Waals surface area contributed by atoms with Crippen LogP contribution >= 0.6 is 0 Å². The maximum atomic E-state index is 10.7. The summed E-state index contributed by atoms with van der Waals surface area (Å²) in [6.45, 7) is 0.0737. The monoisotopic (exact) mass is 222 g/mol. The van der Waals surface area contributed by atoms with Gasteiger partial charge in [0.15, 0.2) is 11.5 Å². The average Bonchev–Trinajstić information content (AvgIpc) is 2.47. The van der Waals surface area contributed by atoms with Crippen LogP contribution in [-0.4, -0.2) is 19.8 Å². The summed E-state index contributed by atoms with van der Waals surface area (Å²) in [6.07, 6.45) is 0. The van der Waals surface area contributed by atoms with Crippen molar-refractivity contribution in [2.75, 3.05) is 6.79 Å². The molecule has 1 aliphatic rings. The molecule has 78 valence electrons. The molecule has 2 rings (SSSR count). The van der Waals surface area contributed by atoms with Gasteiger partial charge in [-0.15, -0.1) is 0 Å². The molecular weight excluding hydrogens is 215 g/mol. The van der Waals surface area contributed by atoms with Crippen LogP contribution in [-0.2, 0) is 10.1 Å². The number of rotatable bonds is 1. The molecule has 0 radical (unpaired) electrons. The van der Waals surface area contributed by atoms with Crippen molar-refractivity contribution in [2.24, 2.45) is 0 Å². The first-order valence-corrected chi connectivity index (χ1v) is 4.88. The number of fused-ring (bicyclic) bond motifs is 1. The first kappa shape index (κ1) is 10.7. The largest absolute Gasteiger partial charge is 0.454 e. The Morgan fingerprint density at radius 3 is 2.50 bits per heavy atom. The number of hydrogen-bond donors (Lipinski definition) is 1. The first-order valence-electron chi connectivity index (χ1n) is 3.44. The molecule has 0 saturated heterocycles. The zero-order valence-corrected chi connectivity index (χ0v) is 7.65. The second-order valence-corrected chi connectivity index (χ2v) is 3.91. The van der Waals surface area contributed by atoms with E-state index in [1.807, 2.05) is 0 Å². The summed E-state index contributed by atoms with van der Waals surface area (Å²) in [5.41, 5.74) is 0. The second kappa shape index (κ2) is 3.43. The van der Waals surface area contributed by atoms with Gasteiger partial charge in [-0.2, -0.15) is 8.42 Å². The van der Waals surface area contributed by atoms with Crippen molar-refractivity contribution in [3.8, 4) is 11.5 Å². The third-order valence-electron chi connectivity index (χ3n) is 1.64. The topological polar surface area (TPSA) is 72.8 Å². The van der Waals surface area contributed by atoms with Gasteiger partial charge < -0.3 is 9.47 Å². The highest BCUT2D eigenvalue weighted by atomic mass is 32.2. The molecule has 1 aromatic carbocycles. The summed E-state index contributed by atoms with van der Waals surface area (Å²) in [5, 5.41) is 0. The van der Waals surface area contributed by atoms with Gasteiger partial charge in [-0.25, -0.2) is 0 Å². The number of halogens is 1. The van der Waals surface area contributed by atoms with Crippen molar-refractivity contribution in [1.82, 2.24) is 0 Å². The summed E-state index contributed by atoms with van der Waals surface area (Å²) in [5.74, 6) is 0.808. The molecule has 7 heteroatoms. The SMILES string of the molecule is F.O=S(=O)(O)c1ccc2c(c1)OCO2. The van der Waals surface area contributed by atoms with Gasteiger partial charge >= 0.3 is 0 Å². The Kier molecular flexibility index (Phi) is 2.63. The van der Waals surface area contributed by atoms with Crippen molar-refractivity contribution in [3.05, 3.63) is 18.2 Å². The van der Waals surface area contributed by atoms with E-state index in [1.165, 1.54) is 18.2 Å². The Labute approximate surface area is 79.4 Å². The van der Waals surface area contributed by atoms with Crippen molar-refractivity contribution in [1.29, 1.82) is 0 Å². The molecule has 1 N–H and O–H groups in total. The Balaban J connectivity index is 0.000000980. The molecule has 0 aromatic heterocycles. The van der Waals surface area contributed by atoms with Crippen LogP contribution in [0.25, 0.3) is 0 Å². The quantitative estimate of drug-likeness (QED) is 0.712. The maximum absolute atomic E-state index is 10.7. The van der Waals surface area contributed by atoms with Crippen LogP contribution in [0.1, 0.15) is 0 Å². The van der Waals surface area contributed by atoms with E-state index in [4.69, 9.17) is 14.0 Å². The lowest BCUT2D eigenvalue weighted by Gasteiger charge is -1.98. The molecule has 0 atom stereocenters. The predicted molar refractivity (Wildman–Crippen MR) is 44.9 cm³/mol. The molecule has 0 spiro atoms. The van der Waals surface area contributed by atoms with Gasteiger partial charge in [0.05, 0.1) is 4.90 Å². The zero-order valence-electron chi connectivity index (χ0n) is 6.84. The molecule has 0 bridgehead atoms. The van der Waals surface area contributed by atoms with Gasteiger partial charge in [-0.1, -0.05) is 0 Å². The Hall–Kier alpha value is -1.34. The van der Waals surface area contributed by atoms with Gasteiger partial charge in [0.1, 0.15) is 0 Å². The van der Waals surface area contributed by atoms with E-state index >= 15 is 0 Å². The lowest BCUT2D eigenvalue weighted by Crippen LogP contribution is -1.97. The Bertz CT molecular complexity index is 441. The van der Waals surface area contributed by atoms with Gasteiger partial charge in [0.25, 0.3) is 10.1 Å². The van der Waals surface area contributed by atoms with E-state index in [0.717, 1.165) is 0 Å². The molecule has 0 aliphatic carbocycles. The van der Waals surface area contributed by atoms with Crippen molar-refractivity contribution in [3.63, 3.8) is 0 Å². The third-order valence-corrected chi connectivity index (χ3v) is 2.49. The van der Waals surface area contributed by atoms with Gasteiger partial charge in [0.2, 0.25) is 6.79 Å². The first-order chi connectivity index (χ1) is 6.07. The minimum atomic E-state index is -4.16. The Morgan fingerprint density at radius 1 is 1.21 bits per heavy atom. The summed E-state index contributed by atoms with van der Waals surface area (Å²) in [4.78, 5) is -0.197. The smallest absolute Gasteiger partial charge is 0.294 e. The summed E-state index contributed by atoms with van der Waals surface area (Å²) in [7, 11) is -4.16. The lowest BCUT2D eigenvalue weighted by molar-refractivity contribution is 0.174. The van der Waals surface area contributed by atoms with E-state index < -0.39 is 10.1 Å². The second-order valence-electron chi connectivity index (χ2n) is 2.49. The predicted octanol–water partition coefficient (Wildman–Crippen LogP) is 0.814. The van der Waals surface area contributed by atoms with Crippen molar-refractivity contribution >= 4 is 10.1 Å². The van der Waals surface area contributed by atoms with E-state index in [9.17, 15) is 8.42 Å². The van der Waals surface area contributed by atoms with Crippen molar-refractivity contribution in [2.45, 2.75) is 4.90 Å². The highest BCUT2D eigenvalue weighted by molar-refractivity contribution is 7.85. The zero-order chi connectivity index (χ0) is 9.47. The van der Waals surface area contributed by atoms with E-state index in [1.54, 1.807) is 0 Å². The van der Waals surface area contributed by atoms with E-state index in [0.29, 0.717) is 11.5 Å². The Morgan fingerprint density at radius 2 is 1.86 bits per heavy atom. The summed E-state index contributed by atoms with van der Waals surface area (Å²) in [6, 6.07) is 3.91.